The highest BCUT2D eigenvalue weighted by molar-refractivity contribution is 7.88. The number of nitrogens with zero attached hydrogens (tertiary/aromatic N) is 3. The summed E-state index contributed by atoms with van der Waals surface area (Å²) in [5.41, 5.74) is -0.912. The van der Waals surface area contributed by atoms with Gasteiger partial charge in [-0.15, -0.1) is 0 Å². The van der Waals surface area contributed by atoms with E-state index in [4.69, 9.17) is 0 Å². The van der Waals surface area contributed by atoms with Gasteiger partial charge in [-0.3, -0.25) is 4.79 Å². The van der Waals surface area contributed by atoms with E-state index in [1.54, 1.807) is 6.07 Å². The molecular weight excluding hydrogens is 385 g/mol. The van der Waals surface area contributed by atoms with E-state index in [0.717, 1.165) is 16.3 Å². The maximum absolute atomic E-state index is 13.3. The lowest BCUT2D eigenvalue weighted by molar-refractivity contribution is -0.141. The van der Waals surface area contributed by atoms with Crippen LogP contribution in [0.15, 0.2) is 18.3 Å². The van der Waals surface area contributed by atoms with Crippen LogP contribution < -0.4 is 5.32 Å². The summed E-state index contributed by atoms with van der Waals surface area (Å²) in [5.74, 6) is -0.865. The van der Waals surface area contributed by atoms with Gasteiger partial charge in [-0.25, -0.2) is 17.2 Å². The molecule has 1 N–H and O–H groups in total. The lowest BCUT2D eigenvalue weighted by atomic mass is 9.90. The predicted molar refractivity (Wildman–Crippen MR) is 92.0 cm³/mol. The average molecular weight is 404 g/mol. The van der Waals surface area contributed by atoms with Gasteiger partial charge >= 0.3 is 6.18 Å². The Kier molecular flexibility index (Phi) is 4.93. The summed E-state index contributed by atoms with van der Waals surface area (Å²) in [7, 11) is -2.00. The number of alkyl halides is 3. The second-order valence-corrected chi connectivity index (χ2v) is 8.51. The molecule has 7 nitrogen and oxygen atoms in total. The Hall–Kier alpha value is -2.14. The monoisotopic (exact) mass is 404 g/mol. The number of sulfonamides is 1. The zero-order chi connectivity index (χ0) is 20.0. The summed E-state index contributed by atoms with van der Waals surface area (Å²) >= 11 is 0. The smallest absolute Gasteiger partial charge is 0.355 e. The van der Waals surface area contributed by atoms with Crippen LogP contribution in [0.2, 0.25) is 0 Å². The van der Waals surface area contributed by atoms with Crippen LogP contribution in [0.4, 0.5) is 13.2 Å². The Labute approximate surface area is 154 Å². The molecule has 0 atom stereocenters. The zero-order valence-electron chi connectivity index (χ0n) is 14.7. The highest BCUT2D eigenvalue weighted by Crippen LogP contribution is 2.35. The number of piperidine rings is 1. The lowest BCUT2D eigenvalue weighted by Crippen LogP contribution is -2.37. The van der Waals surface area contributed by atoms with Gasteiger partial charge in [0.15, 0.2) is 5.69 Å². The van der Waals surface area contributed by atoms with E-state index in [-0.39, 0.29) is 11.4 Å². The van der Waals surface area contributed by atoms with Crippen molar-refractivity contribution in [3.05, 3.63) is 35.2 Å². The SMILES string of the molecule is CNC(=O)c1c(C(F)(F)F)nn2ccc(C3CCN(S(C)(=O)=O)CC3)cc12. The van der Waals surface area contributed by atoms with E-state index in [1.807, 2.05) is 0 Å². The number of pyridine rings is 1. The number of carbonyl (C=O) groups excluding carboxylic acids is 1. The first-order chi connectivity index (χ1) is 12.5. The molecular formula is C16H19F3N4O3S. The summed E-state index contributed by atoms with van der Waals surface area (Å²) in [4.78, 5) is 12.1. The van der Waals surface area contributed by atoms with Crippen molar-refractivity contribution < 1.29 is 26.4 Å². The third kappa shape index (κ3) is 3.79. The van der Waals surface area contributed by atoms with Gasteiger partial charge in [-0.05, 0) is 36.5 Å². The quantitative estimate of drug-likeness (QED) is 0.846. The van der Waals surface area contributed by atoms with Gasteiger partial charge in [0.25, 0.3) is 5.91 Å². The molecule has 0 aliphatic carbocycles. The molecule has 3 heterocycles. The maximum atomic E-state index is 13.3. The average Bonchev–Trinajstić information content (AvgIpc) is 2.99. The van der Waals surface area contributed by atoms with Crippen LogP contribution in [-0.4, -0.2) is 54.6 Å². The normalized spacial score (nSPS) is 17.4. The first-order valence-corrected chi connectivity index (χ1v) is 10.1. The van der Waals surface area contributed by atoms with Crippen molar-refractivity contribution in [1.29, 1.82) is 0 Å². The minimum atomic E-state index is -4.76. The Morgan fingerprint density at radius 3 is 2.44 bits per heavy atom. The highest BCUT2D eigenvalue weighted by Gasteiger charge is 2.40. The molecule has 0 aromatic carbocycles. The molecule has 148 valence electrons. The summed E-state index contributed by atoms with van der Waals surface area (Å²) < 4.78 is 65.5. The number of carbonyl (C=O) groups is 1. The van der Waals surface area contributed by atoms with Gasteiger partial charge in [0.2, 0.25) is 10.0 Å². The van der Waals surface area contributed by atoms with E-state index in [1.165, 1.54) is 23.6 Å². The Bertz CT molecular complexity index is 977. The van der Waals surface area contributed by atoms with Gasteiger partial charge in [0.1, 0.15) is 0 Å². The van der Waals surface area contributed by atoms with Crippen molar-refractivity contribution in [1.82, 2.24) is 19.2 Å². The topological polar surface area (TPSA) is 83.8 Å². The van der Waals surface area contributed by atoms with Crippen LogP contribution in [-0.2, 0) is 16.2 Å². The molecule has 11 heteroatoms. The minimum absolute atomic E-state index is 0.00484. The Balaban J connectivity index is 1.99. The summed E-state index contributed by atoms with van der Waals surface area (Å²) in [6.07, 6.45) is -1.10. The lowest BCUT2D eigenvalue weighted by Gasteiger charge is -2.30. The maximum Gasteiger partial charge on any atom is 0.436 e. The first kappa shape index (κ1) is 19.6. The largest absolute Gasteiger partial charge is 0.436 e. The number of hydrogen-bond acceptors (Lipinski definition) is 4. The number of amides is 1. The molecule has 1 saturated heterocycles. The fraction of sp³-hybridized carbons (Fsp3) is 0.500. The highest BCUT2D eigenvalue weighted by atomic mass is 32.2. The molecule has 0 unspecified atom stereocenters. The van der Waals surface area contributed by atoms with Crippen LogP contribution in [0.1, 0.15) is 40.4 Å². The third-order valence-corrected chi connectivity index (χ3v) is 6.08. The molecule has 2 aromatic heterocycles. The molecule has 27 heavy (non-hydrogen) atoms. The van der Waals surface area contributed by atoms with Gasteiger partial charge in [0, 0.05) is 26.3 Å². The number of halogens is 3. The summed E-state index contributed by atoms with van der Waals surface area (Å²) in [5, 5.41) is 5.75. The molecule has 1 aliphatic rings. The van der Waals surface area contributed by atoms with Crippen molar-refractivity contribution >= 4 is 21.4 Å². The molecule has 3 rings (SSSR count). The number of fused-ring (bicyclic) bond motifs is 1. The van der Waals surface area contributed by atoms with E-state index in [2.05, 4.69) is 10.4 Å². The fourth-order valence-electron chi connectivity index (χ4n) is 3.38. The van der Waals surface area contributed by atoms with Crippen molar-refractivity contribution in [2.24, 2.45) is 0 Å². The third-order valence-electron chi connectivity index (χ3n) is 4.78. The van der Waals surface area contributed by atoms with E-state index in [9.17, 15) is 26.4 Å². The fourth-order valence-corrected chi connectivity index (χ4v) is 4.26. The first-order valence-electron chi connectivity index (χ1n) is 8.29. The number of rotatable bonds is 3. The predicted octanol–water partition coefficient (Wildman–Crippen LogP) is 1.85. The molecule has 0 saturated carbocycles. The van der Waals surface area contributed by atoms with Crippen molar-refractivity contribution in [2.45, 2.75) is 24.9 Å². The zero-order valence-corrected chi connectivity index (χ0v) is 15.6. The molecule has 1 aliphatic heterocycles. The summed E-state index contributed by atoms with van der Waals surface area (Å²) in [6.45, 7) is 0.702. The molecule has 0 spiro atoms. The Morgan fingerprint density at radius 1 is 1.30 bits per heavy atom. The minimum Gasteiger partial charge on any atom is -0.355 e. The number of hydrogen-bond donors (Lipinski definition) is 1. The number of nitrogens with one attached hydrogen (secondary N) is 1. The molecule has 2 aromatic rings. The van der Waals surface area contributed by atoms with Crippen LogP contribution in [0.5, 0.6) is 0 Å². The standard InChI is InChI=1S/C16H19F3N4O3S/c1-20-15(24)13-12-9-11(5-8-23(12)21-14(13)16(17,18)19)10-3-6-22(7-4-10)27(2,25)26/h5,8-10H,3-4,6-7H2,1-2H3,(H,20,24). The van der Waals surface area contributed by atoms with Crippen LogP contribution in [0, 0.1) is 0 Å². The van der Waals surface area contributed by atoms with E-state index in [0.29, 0.717) is 25.9 Å². The van der Waals surface area contributed by atoms with E-state index < -0.39 is 33.4 Å². The number of aromatic nitrogens is 2. The van der Waals surface area contributed by atoms with Crippen LogP contribution in [0.25, 0.3) is 5.52 Å². The van der Waals surface area contributed by atoms with Crippen LogP contribution >= 0.6 is 0 Å². The van der Waals surface area contributed by atoms with Gasteiger partial charge in [-0.2, -0.15) is 18.3 Å². The molecule has 0 bridgehead atoms. The van der Waals surface area contributed by atoms with E-state index >= 15 is 0 Å². The van der Waals surface area contributed by atoms with Gasteiger partial charge in [0.05, 0.1) is 17.3 Å². The molecule has 1 amide bonds. The van der Waals surface area contributed by atoms with Crippen LogP contribution in [0.3, 0.4) is 0 Å². The van der Waals surface area contributed by atoms with Gasteiger partial charge < -0.3 is 5.32 Å². The van der Waals surface area contributed by atoms with Crippen molar-refractivity contribution in [2.75, 3.05) is 26.4 Å². The van der Waals surface area contributed by atoms with Crippen molar-refractivity contribution in [3.63, 3.8) is 0 Å². The molecule has 0 radical (unpaired) electrons. The van der Waals surface area contributed by atoms with Gasteiger partial charge in [-0.1, -0.05) is 0 Å². The Morgan fingerprint density at radius 2 is 1.93 bits per heavy atom. The summed E-state index contributed by atoms with van der Waals surface area (Å²) in [6, 6.07) is 3.20. The second-order valence-electron chi connectivity index (χ2n) is 6.53. The van der Waals surface area contributed by atoms with Crippen molar-refractivity contribution in [3.8, 4) is 0 Å². The second kappa shape index (κ2) is 6.79. The molecule has 1 fully saturated rings.